The topological polar surface area (TPSA) is 69.6 Å². The molecule has 2 N–H and O–H groups in total. The fourth-order valence-corrected chi connectivity index (χ4v) is 2.31. The van der Waals surface area contributed by atoms with Crippen LogP contribution >= 0.6 is 0 Å². The van der Waals surface area contributed by atoms with Gasteiger partial charge >= 0.3 is 0 Å². The Bertz CT molecular complexity index is 522. The quantitative estimate of drug-likeness (QED) is 0.361. The summed E-state index contributed by atoms with van der Waals surface area (Å²) in [6, 6.07) is 7.52. The van der Waals surface area contributed by atoms with Crippen molar-refractivity contribution in [1.82, 2.24) is 5.48 Å². The lowest BCUT2D eigenvalue weighted by molar-refractivity contribution is -0.124. The average Bonchev–Trinajstić information content (AvgIpc) is 2.46. The summed E-state index contributed by atoms with van der Waals surface area (Å²) in [6.45, 7) is 0. The summed E-state index contributed by atoms with van der Waals surface area (Å²) in [4.78, 5) is 13.4. The summed E-state index contributed by atoms with van der Waals surface area (Å²) in [5.41, 5.74) is 2.54. The standard InChI is InChI=1S/C14H18N2O3S/c1-16(2)12-7-9-13(10-8-12)20(19)11-5-3-4-6-14(17)15-18/h3-10,18H,11H2,1-2H3,(H,15,17)/b5-3+,6-4+. The molecule has 0 spiro atoms. The first-order valence-corrected chi connectivity index (χ1v) is 7.29. The summed E-state index contributed by atoms with van der Waals surface area (Å²) in [7, 11) is 2.79. The molecule has 20 heavy (non-hydrogen) atoms. The molecule has 0 aromatic heterocycles. The van der Waals surface area contributed by atoms with E-state index < -0.39 is 16.7 Å². The largest absolute Gasteiger partial charge is 0.378 e. The van der Waals surface area contributed by atoms with E-state index in [1.807, 2.05) is 43.3 Å². The molecule has 1 aromatic carbocycles. The lowest BCUT2D eigenvalue weighted by Crippen LogP contribution is -2.14. The highest BCUT2D eigenvalue weighted by Crippen LogP contribution is 2.14. The number of hydroxylamine groups is 1. The van der Waals surface area contributed by atoms with Crippen molar-refractivity contribution >= 4 is 22.4 Å². The number of nitrogens with zero attached hydrogens (tertiary/aromatic N) is 1. The molecule has 1 unspecified atom stereocenters. The zero-order valence-corrected chi connectivity index (χ0v) is 12.3. The SMILES string of the molecule is CN(C)c1ccc(S(=O)C/C=C/C=C/C(=O)NO)cc1. The van der Waals surface area contributed by atoms with E-state index in [0.717, 1.165) is 10.6 Å². The van der Waals surface area contributed by atoms with E-state index in [1.54, 1.807) is 12.2 Å². The molecule has 0 aliphatic rings. The fourth-order valence-electron chi connectivity index (χ4n) is 1.39. The van der Waals surface area contributed by atoms with Gasteiger partial charge in [-0.3, -0.25) is 14.2 Å². The van der Waals surface area contributed by atoms with Crippen molar-refractivity contribution in [2.45, 2.75) is 4.90 Å². The van der Waals surface area contributed by atoms with E-state index in [2.05, 4.69) is 0 Å². The van der Waals surface area contributed by atoms with Gasteiger partial charge in [-0.2, -0.15) is 0 Å². The summed E-state index contributed by atoms with van der Waals surface area (Å²) < 4.78 is 12.0. The Balaban J connectivity index is 2.52. The normalized spacial score (nSPS) is 12.8. The third-order valence-electron chi connectivity index (χ3n) is 2.47. The number of anilines is 1. The molecule has 1 amide bonds. The monoisotopic (exact) mass is 294 g/mol. The summed E-state index contributed by atoms with van der Waals surface area (Å²) >= 11 is 0. The minimum Gasteiger partial charge on any atom is -0.378 e. The van der Waals surface area contributed by atoms with Gasteiger partial charge in [-0.05, 0) is 24.3 Å². The predicted octanol–water partition coefficient (Wildman–Crippen LogP) is 1.48. The summed E-state index contributed by atoms with van der Waals surface area (Å²) in [5, 5.41) is 8.26. The maximum absolute atomic E-state index is 12.0. The second-order valence-corrected chi connectivity index (χ2v) is 5.66. The first kappa shape index (κ1) is 16.1. The van der Waals surface area contributed by atoms with Crippen LogP contribution in [0.4, 0.5) is 5.69 Å². The van der Waals surface area contributed by atoms with Gasteiger partial charge in [-0.15, -0.1) is 0 Å². The lowest BCUT2D eigenvalue weighted by atomic mass is 10.3. The highest BCUT2D eigenvalue weighted by atomic mass is 32.2. The molecule has 0 fully saturated rings. The first-order valence-electron chi connectivity index (χ1n) is 5.97. The Kier molecular flexibility index (Phi) is 6.69. The Morgan fingerprint density at radius 1 is 1.30 bits per heavy atom. The van der Waals surface area contributed by atoms with Crippen molar-refractivity contribution in [3.8, 4) is 0 Å². The highest BCUT2D eigenvalue weighted by Gasteiger charge is 2.02. The second kappa shape index (κ2) is 8.29. The van der Waals surface area contributed by atoms with Crippen LogP contribution in [0.3, 0.4) is 0 Å². The molecule has 1 rings (SSSR count). The van der Waals surface area contributed by atoms with Crippen molar-refractivity contribution in [2.24, 2.45) is 0 Å². The molecule has 1 aromatic rings. The smallest absolute Gasteiger partial charge is 0.267 e. The summed E-state index contributed by atoms with van der Waals surface area (Å²) in [6.07, 6.45) is 5.96. The lowest BCUT2D eigenvalue weighted by Gasteiger charge is -2.12. The van der Waals surface area contributed by atoms with Crippen LogP contribution in [0.1, 0.15) is 0 Å². The number of nitrogens with one attached hydrogen (secondary N) is 1. The van der Waals surface area contributed by atoms with Crippen molar-refractivity contribution in [1.29, 1.82) is 0 Å². The van der Waals surface area contributed by atoms with Gasteiger partial charge in [0.15, 0.2) is 0 Å². The van der Waals surface area contributed by atoms with E-state index in [0.29, 0.717) is 5.75 Å². The molecule has 0 saturated carbocycles. The Labute approximate surface area is 121 Å². The molecular formula is C14H18N2O3S. The van der Waals surface area contributed by atoms with Crippen molar-refractivity contribution in [3.63, 3.8) is 0 Å². The molecule has 108 valence electrons. The van der Waals surface area contributed by atoms with E-state index >= 15 is 0 Å². The van der Waals surface area contributed by atoms with Gasteiger partial charge in [0.05, 0.1) is 10.8 Å². The van der Waals surface area contributed by atoms with Gasteiger partial charge in [0, 0.05) is 36.5 Å². The molecule has 0 bridgehead atoms. The zero-order chi connectivity index (χ0) is 15.0. The van der Waals surface area contributed by atoms with Gasteiger partial charge in [-0.1, -0.05) is 18.2 Å². The zero-order valence-electron chi connectivity index (χ0n) is 11.4. The number of rotatable bonds is 6. The number of benzene rings is 1. The highest BCUT2D eigenvalue weighted by molar-refractivity contribution is 7.85. The fraction of sp³-hybridized carbons (Fsp3) is 0.214. The molecule has 0 saturated heterocycles. The third kappa shape index (κ3) is 5.38. The molecule has 5 nitrogen and oxygen atoms in total. The van der Waals surface area contributed by atoms with Crippen molar-refractivity contribution < 1.29 is 14.2 Å². The molecule has 0 aliphatic heterocycles. The van der Waals surface area contributed by atoms with Crippen molar-refractivity contribution in [3.05, 3.63) is 48.6 Å². The maximum atomic E-state index is 12.0. The molecular weight excluding hydrogens is 276 g/mol. The number of hydrogen-bond donors (Lipinski definition) is 2. The number of carbonyl (C=O) groups is 1. The molecule has 0 radical (unpaired) electrons. The van der Waals surface area contributed by atoms with Gasteiger partial charge in [0.2, 0.25) is 0 Å². The van der Waals surface area contributed by atoms with Crippen molar-refractivity contribution in [2.75, 3.05) is 24.7 Å². The number of carbonyl (C=O) groups excluding carboxylic acids is 1. The van der Waals surface area contributed by atoms with Crippen LogP contribution in [-0.4, -0.2) is 35.2 Å². The van der Waals surface area contributed by atoms with Crippen LogP contribution in [0.25, 0.3) is 0 Å². The van der Waals surface area contributed by atoms with E-state index in [9.17, 15) is 9.00 Å². The van der Waals surface area contributed by atoms with Gasteiger partial charge in [-0.25, -0.2) is 5.48 Å². The Morgan fingerprint density at radius 3 is 2.50 bits per heavy atom. The number of amides is 1. The van der Waals surface area contributed by atoms with Gasteiger partial charge < -0.3 is 4.90 Å². The predicted molar refractivity (Wildman–Crippen MR) is 80.3 cm³/mol. The van der Waals surface area contributed by atoms with Crippen LogP contribution in [0.15, 0.2) is 53.5 Å². The third-order valence-corrected chi connectivity index (χ3v) is 3.76. The van der Waals surface area contributed by atoms with Crippen LogP contribution in [-0.2, 0) is 15.6 Å². The molecule has 1 atom stereocenters. The minimum absolute atomic E-state index is 0.367. The van der Waals surface area contributed by atoms with E-state index in [-0.39, 0.29) is 0 Å². The average molecular weight is 294 g/mol. The van der Waals surface area contributed by atoms with Crippen LogP contribution in [0.2, 0.25) is 0 Å². The number of hydrogen-bond acceptors (Lipinski definition) is 4. The molecule has 0 aliphatic carbocycles. The molecule has 6 heteroatoms. The van der Waals surface area contributed by atoms with Gasteiger partial charge in [0.25, 0.3) is 5.91 Å². The molecule has 0 heterocycles. The minimum atomic E-state index is -1.11. The maximum Gasteiger partial charge on any atom is 0.267 e. The Morgan fingerprint density at radius 2 is 1.95 bits per heavy atom. The van der Waals surface area contributed by atoms with Crippen LogP contribution < -0.4 is 10.4 Å². The van der Waals surface area contributed by atoms with E-state index in [1.165, 1.54) is 17.6 Å². The van der Waals surface area contributed by atoms with Crippen LogP contribution in [0, 0.1) is 0 Å². The summed E-state index contributed by atoms with van der Waals surface area (Å²) in [5.74, 6) is -0.234. The Hall–Kier alpha value is -1.92. The second-order valence-electron chi connectivity index (χ2n) is 4.16. The van der Waals surface area contributed by atoms with E-state index in [4.69, 9.17) is 5.21 Å². The first-order chi connectivity index (χ1) is 9.54. The van der Waals surface area contributed by atoms with Gasteiger partial charge in [0.1, 0.15) is 0 Å². The number of allylic oxidation sites excluding steroid dienone is 2. The van der Waals surface area contributed by atoms with Crippen LogP contribution in [0.5, 0.6) is 0 Å².